The SMILES string of the molecule is CC(c1cccs1)N(C)C(=O)c1cccc2c1CCCN2. The third-order valence-corrected chi connectivity index (χ3v) is 5.22. The Labute approximate surface area is 129 Å². The zero-order valence-electron chi connectivity index (χ0n) is 12.4. The number of hydrogen-bond acceptors (Lipinski definition) is 3. The van der Waals surface area contributed by atoms with E-state index in [0.29, 0.717) is 0 Å². The number of rotatable bonds is 3. The van der Waals surface area contributed by atoms with Gasteiger partial charge in [-0.2, -0.15) is 0 Å². The lowest BCUT2D eigenvalue weighted by molar-refractivity contribution is 0.0744. The number of thiophene rings is 1. The van der Waals surface area contributed by atoms with E-state index in [2.05, 4.69) is 29.8 Å². The Morgan fingerprint density at radius 1 is 1.33 bits per heavy atom. The molecule has 1 amide bonds. The molecular formula is C17H20N2OS. The van der Waals surface area contributed by atoms with Gasteiger partial charge in [-0.3, -0.25) is 4.79 Å². The lowest BCUT2D eigenvalue weighted by Crippen LogP contribution is -2.30. The topological polar surface area (TPSA) is 32.3 Å². The normalized spacial score (nSPS) is 15.0. The second kappa shape index (κ2) is 5.90. The highest BCUT2D eigenvalue weighted by molar-refractivity contribution is 7.10. The minimum Gasteiger partial charge on any atom is -0.385 e. The van der Waals surface area contributed by atoms with Crippen LogP contribution in [0.3, 0.4) is 0 Å². The molecule has 2 heterocycles. The lowest BCUT2D eigenvalue weighted by Gasteiger charge is -2.27. The molecule has 4 heteroatoms. The van der Waals surface area contributed by atoms with Crippen molar-refractivity contribution < 1.29 is 4.79 Å². The number of nitrogens with zero attached hydrogens (tertiary/aromatic N) is 1. The molecule has 1 aromatic heterocycles. The maximum absolute atomic E-state index is 12.9. The summed E-state index contributed by atoms with van der Waals surface area (Å²) in [5, 5.41) is 5.44. The predicted molar refractivity (Wildman–Crippen MR) is 88.1 cm³/mol. The first-order valence-corrected chi connectivity index (χ1v) is 8.23. The molecule has 0 spiro atoms. The van der Waals surface area contributed by atoms with Crippen LogP contribution in [0.2, 0.25) is 0 Å². The van der Waals surface area contributed by atoms with Crippen molar-refractivity contribution in [2.45, 2.75) is 25.8 Å². The maximum Gasteiger partial charge on any atom is 0.254 e. The number of amides is 1. The molecule has 0 saturated carbocycles. The second-order valence-electron chi connectivity index (χ2n) is 5.47. The van der Waals surface area contributed by atoms with E-state index in [1.54, 1.807) is 11.3 Å². The summed E-state index contributed by atoms with van der Waals surface area (Å²) in [4.78, 5) is 15.9. The number of carbonyl (C=O) groups is 1. The number of hydrogen-bond donors (Lipinski definition) is 1. The average Bonchev–Trinajstić information content (AvgIpc) is 3.06. The van der Waals surface area contributed by atoms with Gasteiger partial charge in [0.25, 0.3) is 5.91 Å². The fourth-order valence-electron chi connectivity index (χ4n) is 2.80. The maximum atomic E-state index is 12.9. The molecule has 21 heavy (non-hydrogen) atoms. The van der Waals surface area contributed by atoms with E-state index < -0.39 is 0 Å². The van der Waals surface area contributed by atoms with E-state index in [9.17, 15) is 4.79 Å². The van der Waals surface area contributed by atoms with Crippen molar-refractivity contribution in [2.75, 3.05) is 18.9 Å². The molecular weight excluding hydrogens is 280 g/mol. The smallest absolute Gasteiger partial charge is 0.254 e. The van der Waals surface area contributed by atoms with Crippen LogP contribution in [0.4, 0.5) is 5.69 Å². The molecule has 0 aliphatic carbocycles. The number of nitrogens with one attached hydrogen (secondary N) is 1. The first-order valence-electron chi connectivity index (χ1n) is 7.35. The van der Waals surface area contributed by atoms with Crippen molar-refractivity contribution in [3.8, 4) is 0 Å². The molecule has 0 saturated heterocycles. The minimum absolute atomic E-state index is 0.102. The lowest BCUT2D eigenvalue weighted by atomic mass is 9.96. The third kappa shape index (κ3) is 2.68. The van der Waals surface area contributed by atoms with Crippen LogP contribution in [-0.2, 0) is 6.42 Å². The summed E-state index contributed by atoms with van der Waals surface area (Å²) >= 11 is 1.69. The molecule has 0 bridgehead atoms. The van der Waals surface area contributed by atoms with Crippen LogP contribution in [0.15, 0.2) is 35.7 Å². The van der Waals surface area contributed by atoms with Gasteiger partial charge in [0.1, 0.15) is 0 Å². The Morgan fingerprint density at radius 2 is 2.19 bits per heavy atom. The van der Waals surface area contributed by atoms with E-state index >= 15 is 0 Å². The zero-order chi connectivity index (χ0) is 14.8. The molecule has 3 rings (SSSR count). The quantitative estimate of drug-likeness (QED) is 0.931. The van der Waals surface area contributed by atoms with Crippen LogP contribution in [0.25, 0.3) is 0 Å². The second-order valence-corrected chi connectivity index (χ2v) is 6.45. The van der Waals surface area contributed by atoms with Crippen LogP contribution in [-0.4, -0.2) is 24.4 Å². The molecule has 1 aromatic carbocycles. The van der Waals surface area contributed by atoms with E-state index in [-0.39, 0.29) is 11.9 Å². The highest BCUT2D eigenvalue weighted by Gasteiger charge is 2.23. The summed E-state index contributed by atoms with van der Waals surface area (Å²) in [6.07, 6.45) is 2.06. The van der Waals surface area contributed by atoms with Gasteiger partial charge in [0.2, 0.25) is 0 Å². The fourth-order valence-corrected chi connectivity index (χ4v) is 3.62. The van der Waals surface area contributed by atoms with Crippen LogP contribution in [0.1, 0.15) is 40.2 Å². The van der Waals surface area contributed by atoms with Crippen molar-refractivity contribution in [1.82, 2.24) is 4.90 Å². The van der Waals surface area contributed by atoms with Crippen LogP contribution >= 0.6 is 11.3 Å². The summed E-state index contributed by atoms with van der Waals surface area (Å²) < 4.78 is 0. The van der Waals surface area contributed by atoms with Crippen LogP contribution < -0.4 is 5.32 Å². The predicted octanol–water partition coefficient (Wildman–Crippen LogP) is 3.94. The first kappa shape index (κ1) is 14.1. The van der Waals surface area contributed by atoms with Gasteiger partial charge in [-0.05, 0) is 48.9 Å². The molecule has 1 aliphatic heterocycles. The molecule has 0 fully saturated rings. The Morgan fingerprint density at radius 3 is 2.95 bits per heavy atom. The van der Waals surface area contributed by atoms with E-state index in [4.69, 9.17) is 0 Å². The molecule has 1 N–H and O–H groups in total. The highest BCUT2D eigenvalue weighted by Crippen LogP contribution is 2.29. The molecule has 1 unspecified atom stereocenters. The van der Waals surface area contributed by atoms with Gasteiger partial charge in [-0.15, -0.1) is 11.3 Å². The largest absolute Gasteiger partial charge is 0.385 e. The van der Waals surface area contributed by atoms with E-state index in [1.165, 1.54) is 10.4 Å². The summed E-state index contributed by atoms with van der Waals surface area (Å²) in [5.41, 5.74) is 3.12. The van der Waals surface area contributed by atoms with Gasteiger partial charge in [-0.25, -0.2) is 0 Å². The van der Waals surface area contributed by atoms with Crippen LogP contribution in [0.5, 0.6) is 0 Å². The molecule has 3 nitrogen and oxygen atoms in total. The Kier molecular flexibility index (Phi) is 3.97. The number of anilines is 1. The van der Waals surface area contributed by atoms with Gasteiger partial charge < -0.3 is 10.2 Å². The van der Waals surface area contributed by atoms with Gasteiger partial charge in [0.05, 0.1) is 6.04 Å². The van der Waals surface area contributed by atoms with Crippen molar-refractivity contribution in [2.24, 2.45) is 0 Å². The molecule has 110 valence electrons. The Hall–Kier alpha value is -1.81. The summed E-state index contributed by atoms with van der Waals surface area (Å²) in [7, 11) is 1.89. The third-order valence-electron chi connectivity index (χ3n) is 4.18. The molecule has 0 radical (unpaired) electrons. The standard InChI is InChI=1S/C17H20N2OS/c1-12(16-9-5-11-21-16)19(2)17(20)14-6-3-8-15-13(14)7-4-10-18-15/h3,5-6,8-9,11-12,18H,4,7,10H2,1-2H3. The summed E-state index contributed by atoms with van der Waals surface area (Å²) in [6, 6.07) is 10.2. The zero-order valence-corrected chi connectivity index (χ0v) is 13.2. The van der Waals surface area contributed by atoms with Gasteiger partial charge in [-0.1, -0.05) is 12.1 Å². The molecule has 2 aromatic rings. The van der Waals surface area contributed by atoms with Gasteiger partial charge >= 0.3 is 0 Å². The van der Waals surface area contributed by atoms with E-state index in [1.807, 2.05) is 30.1 Å². The fraction of sp³-hybridized carbons (Fsp3) is 0.353. The summed E-state index contributed by atoms with van der Waals surface area (Å²) in [6.45, 7) is 3.07. The first-order chi connectivity index (χ1) is 10.2. The number of fused-ring (bicyclic) bond motifs is 1. The number of carbonyl (C=O) groups excluding carboxylic acids is 1. The van der Waals surface area contributed by atoms with Crippen molar-refractivity contribution in [1.29, 1.82) is 0 Å². The Balaban J connectivity index is 1.88. The monoisotopic (exact) mass is 300 g/mol. The van der Waals surface area contributed by atoms with Crippen molar-refractivity contribution in [3.05, 3.63) is 51.7 Å². The minimum atomic E-state index is 0.102. The average molecular weight is 300 g/mol. The van der Waals surface area contributed by atoms with Crippen molar-refractivity contribution >= 4 is 22.9 Å². The molecule has 1 atom stereocenters. The van der Waals surface area contributed by atoms with Crippen molar-refractivity contribution in [3.63, 3.8) is 0 Å². The Bertz CT molecular complexity index is 636. The van der Waals surface area contributed by atoms with E-state index in [0.717, 1.165) is 30.6 Å². The number of benzene rings is 1. The summed E-state index contributed by atoms with van der Waals surface area (Å²) in [5.74, 6) is 0.108. The van der Waals surface area contributed by atoms with Gasteiger partial charge in [0, 0.05) is 29.7 Å². The molecule has 1 aliphatic rings. The van der Waals surface area contributed by atoms with Gasteiger partial charge in [0.15, 0.2) is 0 Å². The highest BCUT2D eigenvalue weighted by atomic mass is 32.1. The van der Waals surface area contributed by atoms with Crippen LogP contribution in [0, 0.1) is 0 Å².